The van der Waals surface area contributed by atoms with Gasteiger partial charge in [-0.3, -0.25) is 0 Å². The highest BCUT2D eigenvalue weighted by molar-refractivity contribution is 9.11. The van der Waals surface area contributed by atoms with Crippen LogP contribution in [0.15, 0.2) is 27.1 Å². The van der Waals surface area contributed by atoms with E-state index in [4.69, 9.17) is 0 Å². The van der Waals surface area contributed by atoms with Crippen molar-refractivity contribution >= 4 is 37.5 Å². The van der Waals surface area contributed by atoms with Crippen LogP contribution in [0.2, 0.25) is 0 Å². The number of hydrogen-bond donors (Lipinski definition) is 1. The van der Waals surface area contributed by atoms with Gasteiger partial charge < -0.3 is 10.2 Å². The van der Waals surface area contributed by atoms with Crippen LogP contribution in [0.1, 0.15) is 6.42 Å². The molecule has 4 heteroatoms. The number of nitrogens with zero attached hydrogens (tertiary/aromatic N) is 1. The van der Waals surface area contributed by atoms with E-state index in [1.807, 2.05) is 12.1 Å². The molecule has 1 rings (SSSR count). The Morgan fingerprint density at radius 2 is 2.00 bits per heavy atom. The molecule has 0 unspecified atom stereocenters. The largest absolute Gasteiger partial charge is 0.384 e. The van der Waals surface area contributed by atoms with Gasteiger partial charge in [-0.1, -0.05) is 15.9 Å². The lowest BCUT2D eigenvalue weighted by Crippen LogP contribution is -2.16. The average molecular weight is 336 g/mol. The summed E-state index contributed by atoms with van der Waals surface area (Å²) in [7, 11) is 4.19. The molecule has 0 aliphatic heterocycles. The summed E-state index contributed by atoms with van der Waals surface area (Å²) in [5.41, 5.74) is 1.15. The zero-order valence-corrected chi connectivity index (χ0v) is 12.2. The van der Waals surface area contributed by atoms with Crippen LogP contribution in [0.25, 0.3) is 0 Å². The lowest BCUT2D eigenvalue weighted by molar-refractivity contribution is 0.405. The Bertz CT molecular complexity index is 313. The third-order valence-corrected chi connectivity index (χ3v) is 3.18. The van der Waals surface area contributed by atoms with Gasteiger partial charge in [0.25, 0.3) is 0 Å². The summed E-state index contributed by atoms with van der Waals surface area (Å²) in [6.45, 7) is 2.11. The molecule has 0 bridgehead atoms. The Balaban J connectivity index is 2.37. The van der Waals surface area contributed by atoms with Gasteiger partial charge in [0.05, 0.1) is 0 Å². The Hall–Kier alpha value is -0.0600. The first kappa shape index (κ1) is 13.0. The lowest BCUT2D eigenvalue weighted by Gasteiger charge is -2.11. The summed E-state index contributed by atoms with van der Waals surface area (Å²) < 4.78 is 2.19. The number of halogens is 2. The minimum absolute atomic E-state index is 0.998. The number of hydrogen-bond acceptors (Lipinski definition) is 2. The fraction of sp³-hybridized carbons (Fsp3) is 0.455. The van der Waals surface area contributed by atoms with E-state index in [-0.39, 0.29) is 0 Å². The highest BCUT2D eigenvalue weighted by atomic mass is 79.9. The molecule has 0 aliphatic carbocycles. The smallest absolute Gasteiger partial charge is 0.0485 e. The highest BCUT2D eigenvalue weighted by Crippen LogP contribution is 2.25. The van der Waals surface area contributed by atoms with Gasteiger partial charge in [0.2, 0.25) is 0 Å². The van der Waals surface area contributed by atoms with Crippen molar-refractivity contribution in [1.82, 2.24) is 4.90 Å². The Kier molecular flexibility index (Phi) is 5.64. The Morgan fingerprint density at radius 1 is 1.27 bits per heavy atom. The predicted octanol–water partition coefficient (Wildman–Crippen LogP) is 3.58. The summed E-state index contributed by atoms with van der Waals surface area (Å²) in [6, 6.07) is 6.16. The van der Waals surface area contributed by atoms with E-state index in [1.165, 1.54) is 0 Å². The van der Waals surface area contributed by atoms with Gasteiger partial charge in [-0.15, -0.1) is 0 Å². The first-order valence-electron chi connectivity index (χ1n) is 4.93. The first-order chi connectivity index (χ1) is 7.09. The van der Waals surface area contributed by atoms with Crippen molar-refractivity contribution in [2.75, 3.05) is 32.5 Å². The summed E-state index contributed by atoms with van der Waals surface area (Å²) in [5, 5.41) is 3.40. The minimum Gasteiger partial charge on any atom is -0.384 e. The van der Waals surface area contributed by atoms with Crippen LogP contribution in [-0.2, 0) is 0 Å². The molecule has 84 valence electrons. The molecule has 1 aromatic rings. The van der Waals surface area contributed by atoms with Crippen molar-refractivity contribution in [2.45, 2.75) is 6.42 Å². The van der Waals surface area contributed by atoms with Crippen LogP contribution in [0.5, 0.6) is 0 Å². The maximum atomic E-state index is 3.53. The second kappa shape index (κ2) is 6.51. The average Bonchev–Trinajstić information content (AvgIpc) is 2.14. The number of benzene rings is 1. The molecule has 1 aromatic carbocycles. The quantitative estimate of drug-likeness (QED) is 0.827. The Labute approximate surface area is 108 Å². The normalized spacial score (nSPS) is 10.7. The molecule has 0 atom stereocenters. The molecular weight excluding hydrogens is 320 g/mol. The van der Waals surface area contributed by atoms with E-state index in [9.17, 15) is 0 Å². The second-order valence-corrected chi connectivity index (χ2v) is 5.48. The van der Waals surface area contributed by atoms with Gasteiger partial charge in [0.15, 0.2) is 0 Å². The SMILES string of the molecule is CN(C)CCCNc1ccc(Br)cc1Br. The van der Waals surface area contributed by atoms with Crippen molar-refractivity contribution in [2.24, 2.45) is 0 Å². The fourth-order valence-corrected chi connectivity index (χ4v) is 2.44. The number of nitrogens with one attached hydrogen (secondary N) is 1. The van der Waals surface area contributed by atoms with Crippen LogP contribution in [0.4, 0.5) is 5.69 Å². The molecule has 15 heavy (non-hydrogen) atoms. The van der Waals surface area contributed by atoms with E-state index in [0.717, 1.165) is 34.1 Å². The van der Waals surface area contributed by atoms with Gasteiger partial charge in [-0.25, -0.2) is 0 Å². The van der Waals surface area contributed by atoms with Gasteiger partial charge >= 0.3 is 0 Å². The molecule has 0 aromatic heterocycles. The highest BCUT2D eigenvalue weighted by Gasteiger charge is 1.99. The summed E-state index contributed by atoms with van der Waals surface area (Å²) in [4.78, 5) is 2.19. The maximum Gasteiger partial charge on any atom is 0.0485 e. The zero-order valence-electron chi connectivity index (χ0n) is 9.06. The van der Waals surface area contributed by atoms with Crippen molar-refractivity contribution in [3.8, 4) is 0 Å². The van der Waals surface area contributed by atoms with Gasteiger partial charge in [0.1, 0.15) is 0 Å². The predicted molar refractivity (Wildman–Crippen MR) is 73.5 cm³/mol. The van der Waals surface area contributed by atoms with Crippen LogP contribution >= 0.6 is 31.9 Å². The molecule has 1 N–H and O–H groups in total. The molecule has 0 amide bonds. The summed E-state index contributed by atoms with van der Waals surface area (Å²) in [5.74, 6) is 0. The fourth-order valence-electron chi connectivity index (χ4n) is 1.25. The first-order valence-corrected chi connectivity index (χ1v) is 6.52. The van der Waals surface area contributed by atoms with Crippen molar-refractivity contribution < 1.29 is 0 Å². The Morgan fingerprint density at radius 3 is 2.60 bits per heavy atom. The van der Waals surface area contributed by atoms with Crippen molar-refractivity contribution in [1.29, 1.82) is 0 Å². The van der Waals surface area contributed by atoms with E-state index < -0.39 is 0 Å². The van der Waals surface area contributed by atoms with E-state index in [0.29, 0.717) is 0 Å². The van der Waals surface area contributed by atoms with E-state index in [1.54, 1.807) is 0 Å². The van der Waals surface area contributed by atoms with E-state index >= 15 is 0 Å². The van der Waals surface area contributed by atoms with Gasteiger partial charge in [0, 0.05) is 21.2 Å². The second-order valence-electron chi connectivity index (χ2n) is 3.71. The van der Waals surface area contributed by atoms with Crippen LogP contribution < -0.4 is 5.32 Å². The number of rotatable bonds is 5. The molecular formula is C11H16Br2N2. The zero-order chi connectivity index (χ0) is 11.3. The van der Waals surface area contributed by atoms with Crippen molar-refractivity contribution in [3.63, 3.8) is 0 Å². The molecule has 0 spiro atoms. The molecule has 0 saturated carbocycles. The van der Waals surface area contributed by atoms with Crippen molar-refractivity contribution in [3.05, 3.63) is 27.1 Å². The molecule has 2 nitrogen and oxygen atoms in total. The lowest BCUT2D eigenvalue weighted by atomic mass is 10.3. The minimum atomic E-state index is 0.998. The van der Waals surface area contributed by atoms with Crippen LogP contribution in [0.3, 0.4) is 0 Å². The van der Waals surface area contributed by atoms with E-state index in [2.05, 4.69) is 62.2 Å². The molecule has 0 fully saturated rings. The van der Waals surface area contributed by atoms with Gasteiger partial charge in [-0.05, 0) is 61.2 Å². The summed E-state index contributed by atoms with van der Waals surface area (Å²) in [6.07, 6.45) is 1.15. The monoisotopic (exact) mass is 334 g/mol. The number of anilines is 1. The molecule has 0 radical (unpaired) electrons. The topological polar surface area (TPSA) is 15.3 Å². The molecule has 0 aliphatic rings. The third kappa shape index (κ3) is 5.00. The molecule has 0 heterocycles. The van der Waals surface area contributed by atoms with Crippen LogP contribution in [-0.4, -0.2) is 32.1 Å². The maximum absolute atomic E-state index is 3.53. The molecule has 0 saturated heterocycles. The third-order valence-electron chi connectivity index (χ3n) is 2.03. The standard InChI is InChI=1S/C11H16Br2N2/c1-15(2)7-3-6-14-11-5-4-9(12)8-10(11)13/h4-5,8,14H,3,6-7H2,1-2H3. The van der Waals surface area contributed by atoms with Gasteiger partial charge in [-0.2, -0.15) is 0 Å². The summed E-state index contributed by atoms with van der Waals surface area (Å²) >= 11 is 6.96. The van der Waals surface area contributed by atoms with Crippen LogP contribution in [0, 0.1) is 0 Å².